The second-order valence-electron chi connectivity index (χ2n) is 9.25. The summed E-state index contributed by atoms with van der Waals surface area (Å²) in [5.74, 6) is -0.210. The van der Waals surface area contributed by atoms with E-state index in [2.05, 4.69) is 17.4 Å². The van der Waals surface area contributed by atoms with Crippen molar-refractivity contribution in [3.63, 3.8) is 0 Å². The maximum atomic E-state index is 14.2. The Labute approximate surface area is 189 Å². The molecule has 1 N–H and O–H groups in total. The monoisotopic (exact) mass is 462 g/mol. The van der Waals surface area contributed by atoms with E-state index in [1.807, 2.05) is 32.9 Å². The van der Waals surface area contributed by atoms with Crippen molar-refractivity contribution in [1.82, 2.24) is 4.90 Å². The molecular formula is C24H31FN2O4S. The van der Waals surface area contributed by atoms with Crippen molar-refractivity contribution < 1.29 is 22.3 Å². The van der Waals surface area contributed by atoms with Crippen LogP contribution < -0.4 is 5.32 Å². The molecule has 1 saturated heterocycles. The molecule has 1 fully saturated rings. The van der Waals surface area contributed by atoms with E-state index in [9.17, 15) is 17.6 Å². The summed E-state index contributed by atoms with van der Waals surface area (Å²) in [6, 6.07) is 12.0. The smallest absolute Gasteiger partial charge is 0.410 e. The number of anilines is 1. The van der Waals surface area contributed by atoms with Crippen LogP contribution in [0.5, 0.6) is 0 Å². The Bertz CT molecular complexity index is 1050. The fraction of sp³-hybridized carbons (Fsp3) is 0.458. The van der Waals surface area contributed by atoms with Crippen LogP contribution in [0.25, 0.3) is 0 Å². The molecule has 1 heterocycles. The van der Waals surface area contributed by atoms with Gasteiger partial charge >= 0.3 is 6.09 Å². The lowest BCUT2D eigenvalue weighted by molar-refractivity contribution is 0.0205. The number of rotatable bonds is 5. The number of piperidine rings is 1. The van der Waals surface area contributed by atoms with E-state index in [1.54, 1.807) is 4.90 Å². The van der Waals surface area contributed by atoms with Crippen LogP contribution in [0.15, 0.2) is 47.4 Å². The molecule has 6 nitrogen and oxygen atoms in total. The van der Waals surface area contributed by atoms with Gasteiger partial charge in [-0.2, -0.15) is 0 Å². The number of amides is 1. The summed E-state index contributed by atoms with van der Waals surface area (Å²) in [5, 5.41) is 3.02. The highest BCUT2D eigenvalue weighted by molar-refractivity contribution is 7.90. The summed E-state index contributed by atoms with van der Waals surface area (Å²) in [4.78, 5) is 14.0. The Balaban J connectivity index is 1.53. The number of sulfone groups is 1. The zero-order chi connectivity index (χ0) is 23.5. The first-order chi connectivity index (χ1) is 14.9. The van der Waals surface area contributed by atoms with Gasteiger partial charge < -0.3 is 15.0 Å². The molecule has 1 amide bonds. The minimum absolute atomic E-state index is 0.0392. The van der Waals surface area contributed by atoms with Crippen LogP contribution in [0.3, 0.4) is 0 Å². The average Bonchev–Trinajstić information content (AvgIpc) is 2.71. The number of carbonyl (C=O) groups excluding carboxylic acids is 1. The van der Waals surface area contributed by atoms with Gasteiger partial charge in [0.2, 0.25) is 0 Å². The van der Waals surface area contributed by atoms with Crippen molar-refractivity contribution >= 4 is 21.6 Å². The lowest BCUT2D eigenvalue weighted by Gasteiger charge is -2.33. The fourth-order valence-electron chi connectivity index (χ4n) is 3.70. The van der Waals surface area contributed by atoms with Crippen molar-refractivity contribution in [2.45, 2.75) is 56.6 Å². The predicted octanol–water partition coefficient (Wildman–Crippen LogP) is 4.96. The van der Waals surface area contributed by atoms with Gasteiger partial charge in [0.05, 0.1) is 10.6 Å². The van der Waals surface area contributed by atoms with Gasteiger partial charge in [0.1, 0.15) is 11.4 Å². The predicted molar refractivity (Wildman–Crippen MR) is 123 cm³/mol. The van der Waals surface area contributed by atoms with Crippen LogP contribution in [-0.2, 0) is 21.1 Å². The largest absolute Gasteiger partial charge is 0.444 e. The van der Waals surface area contributed by atoms with E-state index in [0.717, 1.165) is 30.7 Å². The molecule has 0 aliphatic carbocycles. The molecule has 2 aromatic carbocycles. The van der Waals surface area contributed by atoms with Crippen molar-refractivity contribution in [2.75, 3.05) is 24.7 Å². The molecule has 3 rings (SSSR count). The van der Waals surface area contributed by atoms with E-state index in [-0.39, 0.29) is 16.7 Å². The normalized spacial score (nSPS) is 15.5. The Kier molecular flexibility index (Phi) is 7.12. The molecule has 1 aliphatic heterocycles. The third kappa shape index (κ3) is 6.45. The number of hydrogen-bond acceptors (Lipinski definition) is 5. The van der Waals surface area contributed by atoms with Crippen LogP contribution in [0.2, 0.25) is 0 Å². The second kappa shape index (κ2) is 9.48. The molecule has 0 bridgehead atoms. The number of nitrogens with zero attached hydrogens (tertiary/aromatic N) is 1. The zero-order valence-electron chi connectivity index (χ0n) is 19.0. The third-order valence-electron chi connectivity index (χ3n) is 5.45. The zero-order valence-corrected chi connectivity index (χ0v) is 19.8. The summed E-state index contributed by atoms with van der Waals surface area (Å²) >= 11 is 0. The summed E-state index contributed by atoms with van der Waals surface area (Å²) in [6.45, 7) is 7.37. The first-order valence-corrected chi connectivity index (χ1v) is 12.6. The first-order valence-electron chi connectivity index (χ1n) is 10.7. The van der Waals surface area contributed by atoms with Gasteiger partial charge in [0.15, 0.2) is 9.84 Å². The van der Waals surface area contributed by atoms with Crippen LogP contribution in [0.1, 0.15) is 50.7 Å². The number of carbonyl (C=O) groups is 1. The van der Waals surface area contributed by atoms with Crippen molar-refractivity contribution in [1.29, 1.82) is 0 Å². The molecule has 0 aromatic heterocycles. The molecule has 0 atom stereocenters. The van der Waals surface area contributed by atoms with Crippen molar-refractivity contribution in [3.8, 4) is 0 Å². The van der Waals surface area contributed by atoms with Crippen LogP contribution in [-0.4, -0.2) is 44.4 Å². The Hall–Kier alpha value is -2.61. The molecule has 2 aromatic rings. The molecule has 0 spiro atoms. The number of hydrogen-bond donors (Lipinski definition) is 1. The van der Waals surface area contributed by atoms with Gasteiger partial charge in [-0.3, -0.25) is 0 Å². The molecule has 0 radical (unpaired) electrons. The number of nitrogens with one attached hydrogen (secondary N) is 1. The maximum Gasteiger partial charge on any atom is 0.410 e. The van der Waals surface area contributed by atoms with Crippen molar-refractivity contribution in [2.24, 2.45) is 0 Å². The number of likely N-dealkylation sites (tertiary alicyclic amines) is 1. The topological polar surface area (TPSA) is 75.7 Å². The van der Waals surface area contributed by atoms with Crippen molar-refractivity contribution in [3.05, 3.63) is 59.4 Å². The lowest BCUT2D eigenvalue weighted by Crippen LogP contribution is -2.41. The van der Waals surface area contributed by atoms with Crippen LogP contribution in [0.4, 0.5) is 14.9 Å². The van der Waals surface area contributed by atoms with Gasteiger partial charge in [-0.1, -0.05) is 24.3 Å². The number of halogens is 1. The molecule has 174 valence electrons. The first kappa shape index (κ1) is 24.0. The highest BCUT2D eigenvalue weighted by Crippen LogP contribution is 2.29. The van der Waals surface area contributed by atoms with E-state index in [0.29, 0.717) is 25.6 Å². The second-order valence-corrected chi connectivity index (χ2v) is 11.3. The van der Waals surface area contributed by atoms with Gasteiger partial charge in [-0.15, -0.1) is 0 Å². The molecule has 8 heteroatoms. The van der Waals surface area contributed by atoms with E-state index in [1.165, 1.54) is 17.7 Å². The summed E-state index contributed by atoms with van der Waals surface area (Å²) in [5.41, 5.74) is 1.99. The number of ether oxygens (including phenoxy) is 1. The fourth-order valence-corrected chi connectivity index (χ4v) is 4.33. The maximum absolute atomic E-state index is 14.2. The van der Waals surface area contributed by atoms with Crippen LogP contribution in [0, 0.1) is 5.82 Å². The Morgan fingerprint density at radius 3 is 2.28 bits per heavy atom. The van der Waals surface area contributed by atoms with E-state index in [4.69, 9.17) is 4.74 Å². The summed E-state index contributed by atoms with van der Waals surface area (Å²) < 4.78 is 42.7. The number of benzene rings is 2. The molecular weight excluding hydrogens is 431 g/mol. The summed E-state index contributed by atoms with van der Waals surface area (Å²) in [6.07, 6.45) is 2.57. The standard InChI is InChI=1S/C24H31FN2O4S/c1-24(2,3)31-23(28)27-13-11-19(12-14-27)18-7-5-17(6-8-18)16-26-22-10-9-20(15-21(22)25)32(4,29)30/h5-10,15,19,26H,11-14,16H2,1-4H3. The average molecular weight is 463 g/mol. The minimum Gasteiger partial charge on any atom is -0.444 e. The summed E-state index contributed by atoms with van der Waals surface area (Å²) in [7, 11) is -3.44. The van der Waals surface area contributed by atoms with E-state index < -0.39 is 21.3 Å². The Morgan fingerprint density at radius 2 is 1.75 bits per heavy atom. The molecule has 0 unspecified atom stereocenters. The molecule has 0 saturated carbocycles. The van der Waals surface area contributed by atoms with Crippen LogP contribution >= 0.6 is 0 Å². The highest BCUT2D eigenvalue weighted by atomic mass is 32.2. The third-order valence-corrected chi connectivity index (χ3v) is 6.56. The van der Waals surface area contributed by atoms with Gasteiger partial charge in [-0.05, 0) is 68.9 Å². The SMILES string of the molecule is CC(C)(C)OC(=O)N1CCC(c2ccc(CNc3ccc(S(C)(=O)=O)cc3F)cc2)CC1. The van der Waals surface area contributed by atoms with Gasteiger partial charge in [-0.25, -0.2) is 17.6 Å². The van der Waals surface area contributed by atoms with Gasteiger partial charge in [0.25, 0.3) is 0 Å². The Morgan fingerprint density at radius 1 is 1.12 bits per heavy atom. The molecule has 1 aliphatic rings. The van der Waals surface area contributed by atoms with Gasteiger partial charge in [0, 0.05) is 25.9 Å². The molecule has 32 heavy (non-hydrogen) atoms. The van der Waals surface area contributed by atoms with E-state index >= 15 is 0 Å². The highest BCUT2D eigenvalue weighted by Gasteiger charge is 2.27. The lowest BCUT2D eigenvalue weighted by atomic mass is 9.89. The quantitative estimate of drug-likeness (QED) is 0.680. The minimum atomic E-state index is -3.44.